The summed E-state index contributed by atoms with van der Waals surface area (Å²) in [6.45, 7) is 4.43. The van der Waals surface area contributed by atoms with Gasteiger partial charge in [0.05, 0.1) is 17.4 Å². The van der Waals surface area contributed by atoms with Crippen molar-refractivity contribution in [2.24, 2.45) is 5.73 Å². The Morgan fingerprint density at radius 2 is 1.88 bits per heavy atom. The Hall–Kier alpha value is -2.45. The minimum absolute atomic E-state index is 0. The number of halogens is 1. The molecule has 1 aromatic carbocycles. The first-order valence-electron chi connectivity index (χ1n) is 7.67. The maximum Gasteiger partial charge on any atom is 0.389 e. The predicted molar refractivity (Wildman–Crippen MR) is 96.6 cm³/mol. The van der Waals surface area contributed by atoms with Crippen molar-refractivity contribution in [1.82, 2.24) is 15.1 Å². The monoisotopic (exact) mass is 367 g/mol. The van der Waals surface area contributed by atoms with Crippen LogP contribution in [0.4, 0.5) is 5.82 Å². The van der Waals surface area contributed by atoms with E-state index < -0.39 is 4.92 Å². The Morgan fingerprint density at radius 3 is 2.40 bits per heavy atom. The van der Waals surface area contributed by atoms with Gasteiger partial charge < -0.3 is 21.2 Å². The van der Waals surface area contributed by atoms with Gasteiger partial charge in [-0.15, -0.1) is 12.4 Å². The number of rotatable bonds is 7. The summed E-state index contributed by atoms with van der Waals surface area (Å²) < 4.78 is 1.22. The highest BCUT2D eigenvalue weighted by atomic mass is 35.5. The Morgan fingerprint density at radius 1 is 1.28 bits per heavy atom. The molecule has 0 aliphatic carbocycles. The summed E-state index contributed by atoms with van der Waals surface area (Å²) in [5.41, 5.74) is 8.25. The van der Waals surface area contributed by atoms with Crippen molar-refractivity contribution < 1.29 is 9.72 Å². The highest BCUT2D eigenvalue weighted by Gasteiger charge is 2.14. The number of aromatic nitrogens is 2. The largest absolute Gasteiger partial charge is 0.389 e. The van der Waals surface area contributed by atoms with Gasteiger partial charge in [0.25, 0.3) is 0 Å². The van der Waals surface area contributed by atoms with Crippen LogP contribution in [0.1, 0.15) is 36.9 Å². The Balaban J connectivity index is 0.00000312. The van der Waals surface area contributed by atoms with Crippen LogP contribution in [0.25, 0.3) is 0 Å². The fourth-order valence-corrected chi connectivity index (χ4v) is 2.21. The molecule has 25 heavy (non-hydrogen) atoms. The van der Waals surface area contributed by atoms with Crippen LogP contribution in [0.2, 0.25) is 0 Å². The number of carbonyl (C=O) groups is 1. The summed E-state index contributed by atoms with van der Waals surface area (Å²) in [5, 5.41) is 16.9. The van der Waals surface area contributed by atoms with Crippen LogP contribution in [0.3, 0.4) is 0 Å². The Kier molecular flexibility index (Phi) is 7.53. The minimum atomic E-state index is -0.606. The first-order valence-corrected chi connectivity index (χ1v) is 7.67. The van der Waals surface area contributed by atoms with Gasteiger partial charge in [-0.1, -0.05) is 38.1 Å². The first kappa shape index (κ1) is 20.6. The first-order chi connectivity index (χ1) is 11.4. The van der Waals surface area contributed by atoms with Crippen LogP contribution in [-0.2, 0) is 11.3 Å². The number of nitrogens with two attached hydrogens (primary N) is 1. The van der Waals surface area contributed by atoms with E-state index in [1.165, 1.54) is 22.5 Å². The number of carbonyl (C=O) groups excluding carboxylic acids is 1. The molecule has 1 amide bonds. The average Bonchev–Trinajstić information content (AvgIpc) is 3.01. The molecule has 0 aliphatic heterocycles. The second-order valence-corrected chi connectivity index (χ2v) is 5.86. The molecule has 0 bridgehead atoms. The molecule has 3 N–H and O–H groups in total. The van der Waals surface area contributed by atoms with Crippen LogP contribution < -0.4 is 11.1 Å². The maximum atomic E-state index is 11.9. The molecule has 2 aromatic rings. The summed E-state index contributed by atoms with van der Waals surface area (Å²) in [5.74, 6) is -0.139. The quantitative estimate of drug-likeness (QED) is 0.574. The van der Waals surface area contributed by atoms with E-state index in [0.29, 0.717) is 5.92 Å². The lowest BCUT2D eigenvalue weighted by atomic mass is 9.99. The van der Waals surface area contributed by atoms with Crippen LogP contribution >= 0.6 is 12.4 Å². The number of nitro groups is 1. The van der Waals surface area contributed by atoms with E-state index in [9.17, 15) is 14.9 Å². The summed E-state index contributed by atoms with van der Waals surface area (Å²) in [6, 6.07) is 8.92. The maximum absolute atomic E-state index is 11.9. The van der Waals surface area contributed by atoms with E-state index in [1.54, 1.807) is 0 Å². The number of nitrogens with zero attached hydrogens (tertiary/aromatic N) is 3. The third-order valence-electron chi connectivity index (χ3n) is 3.67. The van der Waals surface area contributed by atoms with Crippen LogP contribution in [0.5, 0.6) is 0 Å². The summed E-state index contributed by atoms with van der Waals surface area (Å²) in [6.07, 6.45) is 1.39. The SMILES string of the molecule is CC(C)c1ccc(C(N)CNC(=O)Cn2ccc([N+](=O)[O-])n2)cc1.Cl. The van der Waals surface area contributed by atoms with E-state index in [2.05, 4.69) is 24.3 Å². The number of hydrogen-bond acceptors (Lipinski definition) is 5. The summed E-state index contributed by atoms with van der Waals surface area (Å²) in [4.78, 5) is 21.8. The zero-order valence-electron chi connectivity index (χ0n) is 14.1. The van der Waals surface area contributed by atoms with Gasteiger partial charge in [-0.3, -0.25) is 4.79 Å². The van der Waals surface area contributed by atoms with Gasteiger partial charge in [-0.25, -0.2) is 0 Å². The summed E-state index contributed by atoms with van der Waals surface area (Å²) >= 11 is 0. The molecule has 1 aromatic heterocycles. The fraction of sp³-hybridized carbons (Fsp3) is 0.375. The molecule has 1 unspecified atom stereocenters. The predicted octanol–water partition coefficient (Wildman–Crippen LogP) is 2.15. The van der Waals surface area contributed by atoms with Crippen molar-refractivity contribution in [3.63, 3.8) is 0 Å². The molecule has 136 valence electrons. The van der Waals surface area contributed by atoms with E-state index in [4.69, 9.17) is 5.73 Å². The highest BCUT2D eigenvalue weighted by molar-refractivity contribution is 5.85. The van der Waals surface area contributed by atoms with Crippen LogP contribution in [-0.4, -0.2) is 27.2 Å². The van der Waals surface area contributed by atoms with E-state index in [-0.39, 0.29) is 43.3 Å². The number of nitrogens with one attached hydrogen (secondary N) is 1. The molecule has 0 saturated heterocycles. The topological polar surface area (TPSA) is 116 Å². The molecular weight excluding hydrogens is 346 g/mol. The standard InChI is InChI=1S/C16H21N5O3.ClH/c1-11(2)12-3-5-13(6-4-12)14(17)9-18-16(22)10-20-8-7-15(19-20)21(23)24;/h3-8,11,14H,9-10,17H2,1-2H3,(H,18,22);1H. The highest BCUT2D eigenvalue weighted by Crippen LogP contribution is 2.17. The molecule has 8 nitrogen and oxygen atoms in total. The normalized spacial score (nSPS) is 11.7. The van der Waals surface area contributed by atoms with Crippen molar-refractivity contribution in [1.29, 1.82) is 0 Å². The molecule has 0 aliphatic rings. The number of benzene rings is 1. The van der Waals surface area contributed by atoms with Gasteiger partial charge in [0, 0.05) is 12.6 Å². The van der Waals surface area contributed by atoms with Gasteiger partial charge in [0.1, 0.15) is 6.54 Å². The number of hydrogen-bond donors (Lipinski definition) is 2. The minimum Gasteiger partial charge on any atom is -0.358 e. The third kappa shape index (κ3) is 5.84. The summed E-state index contributed by atoms with van der Waals surface area (Å²) in [7, 11) is 0. The van der Waals surface area contributed by atoms with Crippen molar-refractivity contribution in [3.8, 4) is 0 Å². The van der Waals surface area contributed by atoms with E-state index in [0.717, 1.165) is 5.56 Å². The lowest BCUT2D eigenvalue weighted by Crippen LogP contribution is -2.34. The molecule has 0 fully saturated rings. The second kappa shape index (κ2) is 9.14. The smallest absolute Gasteiger partial charge is 0.358 e. The zero-order valence-corrected chi connectivity index (χ0v) is 14.9. The Bertz CT molecular complexity index is 715. The molecule has 0 radical (unpaired) electrons. The van der Waals surface area contributed by atoms with E-state index in [1.807, 2.05) is 24.3 Å². The molecule has 0 saturated carbocycles. The van der Waals surface area contributed by atoms with Crippen molar-refractivity contribution in [2.45, 2.75) is 32.4 Å². The number of amides is 1. The van der Waals surface area contributed by atoms with Crippen LogP contribution in [0, 0.1) is 10.1 Å². The molecule has 0 spiro atoms. The van der Waals surface area contributed by atoms with Crippen LogP contribution in [0.15, 0.2) is 36.5 Å². The van der Waals surface area contributed by atoms with Gasteiger partial charge >= 0.3 is 5.82 Å². The van der Waals surface area contributed by atoms with E-state index >= 15 is 0 Å². The molecule has 1 heterocycles. The van der Waals surface area contributed by atoms with Gasteiger partial charge in [0.2, 0.25) is 5.91 Å². The fourth-order valence-electron chi connectivity index (χ4n) is 2.21. The van der Waals surface area contributed by atoms with Crippen molar-refractivity contribution in [3.05, 3.63) is 57.8 Å². The van der Waals surface area contributed by atoms with Crippen molar-refractivity contribution in [2.75, 3.05) is 6.54 Å². The lowest BCUT2D eigenvalue weighted by Gasteiger charge is -2.14. The average molecular weight is 368 g/mol. The van der Waals surface area contributed by atoms with Gasteiger partial charge in [-0.05, 0) is 22.0 Å². The second-order valence-electron chi connectivity index (χ2n) is 5.86. The molecule has 2 rings (SSSR count). The van der Waals surface area contributed by atoms with Crippen molar-refractivity contribution >= 4 is 24.1 Å². The molecule has 9 heteroatoms. The zero-order chi connectivity index (χ0) is 17.7. The van der Waals surface area contributed by atoms with Gasteiger partial charge in [-0.2, -0.15) is 4.68 Å². The third-order valence-corrected chi connectivity index (χ3v) is 3.67. The Labute approximate surface area is 152 Å². The molecule has 1 atom stereocenters. The van der Waals surface area contributed by atoms with Gasteiger partial charge in [0.15, 0.2) is 0 Å². The lowest BCUT2D eigenvalue weighted by molar-refractivity contribution is -0.389. The molecular formula is C16H22ClN5O3.